The smallest absolute Gasteiger partial charge is 0.329 e. The van der Waals surface area contributed by atoms with Crippen molar-refractivity contribution in [3.05, 3.63) is 48.9 Å². The number of hydrogen-bond acceptors (Lipinski definition) is 6. The summed E-state index contributed by atoms with van der Waals surface area (Å²) in [6.07, 6.45) is 10.1. The SMILES string of the molecule is C=CN(C)CCC(CC)CN1C(=O)N(Cc2cnn(C)c2)C(=C)c2cc(SNC3(C)CC3)sc21. The predicted molar refractivity (Wildman–Crippen MR) is 143 cm³/mol. The molecule has 9 heteroatoms. The van der Waals surface area contributed by atoms with Gasteiger partial charge in [-0.2, -0.15) is 5.10 Å². The number of carbonyl (C=O) groups is 1. The number of aryl methyl sites for hydroxylation is 1. The van der Waals surface area contributed by atoms with Gasteiger partial charge in [-0.05, 0) is 56.3 Å². The van der Waals surface area contributed by atoms with E-state index in [1.807, 2.05) is 37.6 Å². The van der Waals surface area contributed by atoms with Gasteiger partial charge in [-0.25, -0.2) is 4.79 Å². The number of anilines is 1. The third kappa shape index (κ3) is 5.53. The summed E-state index contributed by atoms with van der Waals surface area (Å²) in [7, 11) is 3.93. The molecule has 34 heavy (non-hydrogen) atoms. The fourth-order valence-electron chi connectivity index (χ4n) is 3.99. The van der Waals surface area contributed by atoms with E-state index >= 15 is 0 Å². The van der Waals surface area contributed by atoms with Gasteiger partial charge in [0.2, 0.25) is 0 Å². The highest BCUT2D eigenvalue weighted by atomic mass is 32.2. The van der Waals surface area contributed by atoms with Crippen molar-refractivity contribution in [1.29, 1.82) is 0 Å². The van der Waals surface area contributed by atoms with Crippen LogP contribution in [0.5, 0.6) is 0 Å². The van der Waals surface area contributed by atoms with Crippen molar-refractivity contribution in [3.8, 4) is 0 Å². The van der Waals surface area contributed by atoms with Crippen LogP contribution in [0, 0.1) is 5.92 Å². The minimum absolute atomic E-state index is 0.00241. The molecule has 2 aliphatic rings. The Kier molecular flexibility index (Phi) is 7.45. The van der Waals surface area contributed by atoms with Crippen LogP contribution in [0.2, 0.25) is 0 Å². The van der Waals surface area contributed by atoms with Crippen LogP contribution in [-0.2, 0) is 13.6 Å². The molecule has 4 rings (SSSR count). The number of amides is 2. The van der Waals surface area contributed by atoms with Crippen LogP contribution in [0.1, 0.15) is 50.7 Å². The first-order valence-corrected chi connectivity index (χ1v) is 13.5. The summed E-state index contributed by atoms with van der Waals surface area (Å²) in [6.45, 7) is 14.7. The molecule has 7 nitrogen and oxygen atoms in total. The highest BCUT2D eigenvalue weighted by Gasteiger charge is 2.39. The van der Waals surface area contributed by atoms with Gasteiger partial charge >= 0.3 is 6.03 Å². The average Bonchev–Trinajstić information content (AvgIpc) is 3.20. The monoisotopic (exact) mass is 500 g/mol. The second kappa shape index (κ2) is 10.2. The summed E-state index contributed by atoms with van der Waals surface area (Å²) in [5.41, 5.74) is 3.05. The van der Waals surface area contributed by atoms with Gasteiger partial charge in [0.15, 0.2) is 0 Å². The molecule has 1 fully saturated rings. The zero-order valence-corrected chi connectivity index (χ0v) is 22.3. The molecule has 2 amide bonds. The standard InChI is InChI=1S/C25H36N6OS2/c1-7-19(9-12-28(5)8-2)16-31-23-21(13-22(33-23)34-27-25(4)10-11-25)18(3)30(24(31)32)17-20-14-26-29(6)15-20/h8,13-15,19,27H,2-3,7,9-12,16-17H2,1,4-6H3. The van der Waals surface area contributed by atoms with Crippen molar-refractivity contribution >= 4 is 40.0 Å². The Bertz CT molecular complexity index is 1060. The van der Waals surface area contributed by atoms with E-state index in [0.29, 0.717) is 19.0 Å². The van der Waals surface area contributed by atoms with E-state index in [-0.39, 0.29) is 11.6 Å². The van der Waals surface area contributed by atoms with E-state index in [4.69, 9.17) is 0 Å². The maximum atomic E-state index is 13.8. The lowest BCUT2D eigenvalue weighted by atomic mass is 10.0. The van der Waals surface area contributed by atoms with E-state index in [1.165, 1.54) is 17.1 Å². The molecule has 1 N–H and O–H groups in total. The predicted octanol–water partition coefficient (Wildman–Crippen LogP) is 5.54. The molecule has 1 atom stereocenters. The molecule has 1 saturated carbocycles. The Morgan fingerprint density at radius 1 is 1.41 bits per heavy atom. The third-order valence-electron chi connectivity index (χ3n) is 6.75. The number of urea groups is 1. The molecule has 0 spiro atoms. The summed E-state index contributed by atoms with van der Waals surface area (Å²) < 4.78 is 6.53. The Balaban J connectivity index is 1.59. The van der Waals surface area contributed by atoms with Gasteiger partial charge in [0.05, 0.1) is 17.0 Å². The Morgan fingerprint density at radius 3 is 2.79 bits per heavy atom. The van der Waals surface area contributed by atoms with Crippen LogP contribution in [0.3, 0.4) is 0 Å². The molecule has 2 aromatic rings. The molecular weight excluding hydrogens is 464 g/mol. The topological polar surface area (TPSA) is 56.6 Å². The molecule has 0 aromatic carbocycles. The Labute approximate surface area is 211 Å². The zero-order chi connectivity index (χ0) is 24.5. The van der Waals surface area contributed by atoms with E-state index in [2.05, 4.69) is 47.8 Å². The van der Waals surface area contributed by atoms with Crippen LogP contribution in [0.15, 0.2) is 42.0 Å². The van der Waals surface area contributed by atoms with Gasteiger partial charge in [0, 0.05) is 55.7 Å². The number of carbonyl (C=O) groups excluding carboxylic acids is 1. The molecule has 3 heterocycles. The normalized spacial score (nSPS) is 17.6. The van der Waals surface area contributed by atoms with Crippen molar-refractivity contribution in [2.24, 2.45) is 13.0 Å². The second-order valence-electron chi connectivity index (χ2n) is 9.72. The van der Waals surface area contributed by atoms with E-state index < -0.39 is 0 Å². The van der Waals surface area contributed by atoms with Gasteiger partial charge in [-0.3, -0.25) is 19.2 Å². The minimum atomic E-state index is -0.00241. The molecule has 1 aliphatic carbocycles. The summed E-state index contributed by atoms with van der Waals surface area (Å²) in [6, 6.07) is 2.19. The molecule has 1 unspecified atom stereocenters. The van der Waals surface area contributed by atoms with Crippen molar-refractivity contribution in [2.75, 3.05) is 25.0 Å². The molecule has 1 aliphatic heterocycles. The van der Waals surface area contributed by atoms with Crippen LogP contribution in [0.25, 0.3) is 5.70 Å². The molecular formula is C25H36N6OS2. The molecule has 184 valence electrons. The largest absolute Gasteiger partial charge is 0.381 e. The summed E-state index contributed by atoms with van der Waals surface area (Å²) in [5.74, 6) is 0.396. The van der Waals surface area contributed by atoms with E-state index in [0.717, 1.165) is 41.2 Å². The first kappa shape index (κ1) is 24.9. The van der Waals surface area contributed by atoms with Crippen molar-refractivity contribution < 1.29 is 4.79 Å². The number of hydrogen-bond donors (Lipinski definition) is 1. The number of aromatic nitrogens is 2. The quantitative estimate of drug-likeness (QED) is 0.388. The zero-order valence-electron chi connectivity index (χ0n) is 20.7. The molecule has 0 radical (unpaired) electrons. The number of nitrogens with zero attached hydrogens (tertiary/aromatic N) is 5. The summed E-state index contributed by atoms with van der Waals surface area (Å²) in [4.78, 5) is 19.7. The van der Waals surface area contributed by atoms with Gasteiger partial charge in [0.25, 0.3) is 0 Å². The van der Waals surface area contributed by atoms with Crippen molar-refractivity contribution in [1.82, 2.24) is 24.3 Å². The lowest BCUT2D eigenvalue weighted by molar-refractivity contribution is 0.219. The highest BCUT2D eigenvalue weighted by Crippen LogP contribution is 2.46. The Morgan fingerprint density at radius 2 is 2.18 bits per heavy atom. The van der Waals surface area contributed by atoms with Crippen molar-refractivity contribution in [2.45, 2.75) is 55.8 Å². The number of nitrogens with one attached hydrogen (secondary N) is 1. The lowest BCUT2D eigenvalue weighted by Gasteiger charge is -2.38. The van der Waals surface area contributed by atoms with Gasteiger partial charge in [-0.1, -0.05) is 26.5 Å². The number of fused-ring (bicyclic) bond motifs is 1. The second-order valence-corrected chi connectivity index (χ2v) is 11.9. The molecule has 2 aromatic heterocycles. The van der Waals surface area contributed by atoms with Gasteiger partial charge in [-0.15, -0.1) is 11.3 Å². The third-order valence-corrected chi connectivity index (χ3v) is 9.12. The van der Waals surface area contributed by atoms with Crippen LogP contribution in [0.4, 0.5) is 9.80 Å². The minimum Gasteiger partial charge on any atom is -0.381 e. The molecule has 0 saturated heterocycles. The first-order chi connectivity index (χ1) is 16.2. The molecule has 0 bridgehead atoms. The fraction of sp³-hybridized carbons (Fsp3) is 0.520. The van der Waals surface area contributed by atoms with E-state index in [1.54, 1.807) is 32.9 Å². The van der Waals surface area contributed by atoms with Crippen molar-refractivity contribution in [3.63, 3.8) is 0 Å². The summed E-state index contributed by atoms with van der Waals surface area (Å²) >= 11 is 3.37. The lowest BCUT2D eigenvalue weighted by Crippen LogP contribution is -2.47. The number of thiophene rings is 1. The van der Waals surface area contributed by atoms with Gasteiger partial charge < -0.3 is 4.90 Å². The maximum absolute atomic E-state index is 13.8. The van der Waals surface area contributed by atoms with E-state index in [9.17, 15) is 4.79 Å². The average molecular weight is 501 g/mol. The first-order valence-electron chi connectivity index (χ1n) is 11.9. The van der Waals surface area contributed by atoms with Crippen LogP contribution < -0.4 is 9.62 Å². The highest BCUT2D eigenvalue weighted by molar-refractivity contribution is 7.99. The Hall–Kier alpha value is -2.23. The van der Waals surface area contributed by atoms with Crippen LogP contribution >= 0.6 is 23.3 Å². The number of rotatable bonds is 12. The van der Waals surface area contributed by atoms with Gasteiger partial charge in [0.1, 0.15) is 5.00 Å². The summed E-state index contributed by atoms with van der Waals surface area (Å²) in [5, 5.41) is 5.29. The maximum Gasteiger partial charge on any atom is 0.329 e. The van der Waals surface area contributed by atoms with Crippen LogP contribution in [-0.4, -0.2) is 51.3 Å². The fourth-order valence-corrected chi connectivity index (χ4v) is 6.17.